The number of aromatic hydroxyl groups is 3. The third-order valence-corrected chi connectivity index (χ3v) is 4.57. The van der Waals surface area contributed by atoms with Crippen LogP contribution in [-0.2, 0) is 6.42 Å². The lowest BCUT2D eigenvalue weighted by atomic mass is 10.00. The average molecular weight is 352 g/mol. The molecular formula is C20H16O6. The first kappa shape index (κ1) is 16.1. The second kappa shape index (κ2) is 5.56. The molecular weight excluding hydrogens is 336 g/mol. The summed E-state index contributed by atoms with van der Waals surface area (Å²) in [5.74, 6) is -0.176. The fraction of sp³-hybridized carbons (Fsp3) is 0.150. The summed E-state index contributed by atoms with van der Waals surface area (Å²) in [6, 6.07) is 5.30. The van der Waals surface area contributed by atoms with E-state index < -0.39 is 5.43 Å². The number of phenols is 3. The molecule has 0 spiro atoms. The molecule has 0 radical (unpaired) electrons. The molecule has 1 aromatic heterocycles. The van der Waals surface area contributed by atoms with Gasteiger partial charge in [0, 0.05) is 29.7 Å². The Morgan fingerprint density at radius 1 is 1.15 bits per heavy atom. The van der Waals surface area contributed by atoms with Crippen LogP contribution in [0.5, 0.6) is 23.0 Å². The molecule has 1 aliphatic rings. The minimum atomic E-state index is -0.480. The number of hydrogen-bond acceptors (Lipinski definition) is 6. The molecule has 0 bridgehead atoms. The van der Waals surface area contributed by atoms with Crippen molar-refractivity contribution in [2.24, 2.45) is 0 Å². The molecule has 2 heterocycles. The monoisotopic (exact) mass is 352 g/mol. The van der Waals surface area contributed by atoms with Crippen LogP contribution >= 0.6 is 0 Å². The highest BCUT2D eigenvalue weighted by Gasteiger charge is 2.29. The highest BCUT2D eigenvalue weighted by molar-refractivity contribution is 5.91. The molecule has 1 atom stereocenters. The zero-order valence-corrected chi connectivity index (χ0v) is 13.9. The van der Waals surface area contributed by atoms with Crippen LogP contribution in [0.1, 0.15) is 12.5 Å². The lowest BCUT2D eigenvalue weighted by molar-refractivity contribution is 0.270. The van der Waals surface area contributed by atoms with Crippen molar-refractivity contribution in [1.29, 1.82) is 0 Å². The minimum Gasteiger partial charge on any atom is -0.508 e. The summed E-state index contributed by atoms with van der Waals surface area (Å²) >= 11 is 0. The molecule has 3 N–H and O–H groups in total. The van der Waals surface area contributed by atoms with E-state index in [1.165, 1.54) is 24.5 Å². The van der Waals surface area contributed by atoms with Crippen LogP contribution in [0.2, 0.25) is 0 Å². The van der Waals surface area contributed by atoms with E-state index in [9.17, 15) is 20.1 Å². The summed E-state index contributed by atoms with van der Waals surface area (Å²) in [5.41, 5.74) is 1.60. The van der Waals surface area contributed by atoms with Gasteiger partial charge in [-0.25, -0.2) is 0 Å². The summed E-state index contributed by atoms with van der Waals surface area (Å²) in [5, 5.41) is 29.8. The van der Waals surface area contributed by atoms with Crippen molar-refractivity contribution in [1.82, 2.24) is 0 Å². The third kappa shape index (κ3) is 2.30. The molecule has 6 nitrogen and oxygen atoms in total. The molecule has 2 aromatic carbocycles. The molecule has 3 aromatic rings. The minimum absolute atomic E-state index is 0.0275. The van der Waals surface area contributed by atoms with Crippen molar-refractivity contribution in [3.63, 3.8) is 0 Å². The van der Waals surface area contributed by atoms with Gasteiger partial charge < -0.3 is 24.5 Å². The highest BCUT2D eigenvalue weighted by atomic mass is 16.5. The van der Waals surface area contributed by atoms with Gasteiger partial charge in [0.25, 0.3) is 0 Å². The Balaban J connectivity index is 1.96. The van der Waals surface area contributed by atoms with E-state index in [1.807, 2.05) is 6.92 Å². The number of hydrogen-bond donors (Lipinski definition) is 3. The van der Waals surface area contributed by atoms with Gasteiger partial charge in [-0.15, -0.1) is 0 Å². The van der Waals surface area contributed by atoms with Crippen LogP contribution < -0.4 is 10.2 Å². The van der Waals surface area contributed by atoms with E-state index in [0.29, 0.717) is 17.7 Å². The first-order chi connectivity index (χ1) is 12.4. The number of rotatable bonds is 2. The molecule has 132 valence electrons. The number of ether oxygens (including phenoxy) is 1. The quantitative estimate of drug-likeness (QED) is 0.611. The van der Waals surface area contributed by atoms with E-state index >= 15 is 0 Å². The Bertz CT molecular complexity index is 1130. The van der Waals surface area contributed by atoms with Gasteiger partial charge in [0.1, 0.15) is 46.3 Å². The number of phenolic OH excluding ortho intramolecular Hbond substituents is 3. The maximum absolute atomic E-state index is 13.0. The van der Waals surface area contributed by atoms with Gasteiger partial charge in [0.2, 0.25) is 5.43 Å². The first-order valence-electron chi connectivity index (χ1n) is 8.01. The van der Waals surface area contributed by atoms with Crippen molar-refractivity contribution < 1.29 is 24.5 Å². The molecule has 1 aliphatic heterocycles. The van der Waals surface area contributed by atoms with E-state index in [-0.39, 0.29) is 45.4 Å². The lowest BCUT2D eigenvalue weighted by Gasteiger charge is -2.09. The molecule has 1 unspecified atom stereocenters. The second-order valence-electron chi connectivity index (χ2n) is 6.41. The first-order valence-corrected chi connectivity index (χ1v) is 8.01. The summed E-state index contributed by atoms with van der Waals surface area (Å²) in [6.07, 6.45) is 1.50. The second-order valence-corrected chi connectivity index (χ2v) is 6.41. The van der Waals surface area contributed by atoms with Crippen molar-refractivity contribution in [3.05, 3.63) is 58.5 Å². The van der Waals surface area contributed by atoms with Gasteiger partial charge in [-0.3, -0.25) is 4.79 Å². The highest BCUT2D eigenvalue weighted by Crippen LogP contribution is 2.41. The normalized spacial score (nSPS) is 15.7. The summed E-state index contributed by atoms with van der Waals surface area (Å²) in [4.78, 5) is 13.0. The SMILES string of the molecule is C=C(C)C1Cc2c(cc(O)c3c(=O)c(-c4ccc(O)cc4O)coc23)O1. The third-order valence-electron chi connectivity index (χ3n) is 4.57. The topological polar surface area (TPSA) is 100 Å². The zero-order valence-electron chi connectivity index (χ0n) is 13.9. The fourth-order valence-electron chi connectivity index (χ4n) is 3.21. The van der Waals surface area contributed by atoms with E-state index in [1.54, 1.807) is 0 Å². The standard InChI is InChI=1S/C20H16O6/c1-9(2)16-6-12-17(26-16)7-15(23)18-19(24)13(8-25-20(12)18)11-4-3-10(21)5-14(11)22/h3-5,7-8,16,21-23H,1,6H2,2H3. The fourth-order valence-corrected chi connectivity index (χ4v) is 3.21. The van der Waals surface area contributed by atoms with Crippen molar-refractivity contribution in [3.8, 4) is 34.1 Å². The Morgan fingerprint density at radius 2 is 1.92 bits per heavy atom. The van der Waals surface area contributed by atoms with Crippen molar-refractivity contribution >= 4 is 11.0 Å². The van der Waals surface area contributed by atoms with Crippen LogP contribution in [0.4, 0.5) is 0 Å². The molecule has 0 saturated heterocycles. The maximum atomic E-state index is 13.0. The molecule has 6 heteroatoms. The van der Waals surface area contributed by atoms with Crippen LogP contribution in [0.25, 0.3) is 22.1 Å². The predicted octanol–water partition coefficient (Wildman–Crippen LogP) is 3.46. The van der Waals surface area contributed by atoms with Crippen LogP contribution in [0, 0.1) is 0 Å². The zero-order chi connectivity index (χ0) is 18.6. The van der Waals surface area contributed by atoms with Gasteiger partial charge in [-0.1, -0.05) is 6.58 Å². The van der Waals surface area contributed by atoms with Gasteiger partial charge in [-0.2, -0.15) is 0 Å². The van der Waals surface area contributed by atoms with E-state index in [0.717, 1.165) is 11.6 Å². The number of fused-ring (bicyclic) bond motifs is 3. The summed E-state index contributed by atoms with van der Waals surface area (Å²) in [6.45, 7) is 5.73. The molecule has 0 amide bonds. The predicted molar refractivity (Wildman–Crippen MR) is 95.8 cm³/mol. The smallest absolute Gasteiger partial charge is 0.204 e. The average Bonchev–Trinajstić information content (AvgIpc) is 3.00. The van der Waals surface area contributed by atoms with Crippen molar-refractivity contribution in [2.75, 3.05) is 0 Å². The van der Waals surface area contributed by atoms with Crippen molar-refractivity contribution in [2.45, 2.75) is 19.4 Å². The van der Waals surface area contributed by atoms with Gasteiger partial charge in [0.05, 0.1) is 5.56 Å². The molecule has 26 heavy (non-hydrogen) atoms. The Kier molecular flexibility index (Phi) is 3.44. The van der Waals surface area contributed by atoms with Gasteiger partial charge >= 0.3 is 0 Å². The lowest BCUT2D eigenvalue weighted by Crippen LogP contribution is -2.13. The van der Waals surface area contributed by atoms with Crippen LogP contribution in [0.3, 0.4) is 0 Å². The van der Waals surface area contributed by atoms with Crippen LogP contribution in [-0.4, -0.2) is 21.4 Å². The molecule has 4 rings (SSSR count). The Hall–Kier alpha value is -3.41. The molecule has 0 fully saturated rings. The summed E-state index contributed by atoms with van der Waals surface area (Å²) < 4.78 is 11.4. The van der Waals surface area contributed by atoms with Gasteiger partial charge in [-0.05, 0) is 24.6 Å². The maximum Gasteiger partial charge on any atom is 0.204 e. The van der Waals surface area contributed by atoms with E-state index in [2.05, 4.69) is 6.58 Å². The van der Waals surface area contributed by atoms with Gasteiger partial charge in [0.15, 0.2) is 0 Å². The Labute approximate surface area is 148 Å². The largest absolute Gasteiger partial charge is 0.508 e. The number of benzene rings is 2. The summed E-state index contributed by atoms with van der Waals surface area (Å²) in [7, 11) is 0. The van der Waals surface area contributed by atoms with E-state index in [4.69, 9.17) is 9.15 Å². The Morgan fingerprint density at radius 3 is 2.62 bits per heavy atom. The molecule has 0 aliphatic carbocycles. The molecule has 0 saturated carbocycles. The van der Waals surface area contributed by atoms with Crippen LogP contribution in [0.15, 0.2) is 51.9 Å².